The minimum Gasteiger partial charge on any atom is -0.228 e. The van der Waals surface area contributed by atoms with Crippen LogP contribution in [0.4, 0.5) is 0 Å². The smallest absolute Gasteiger partial charge is 0.154 e. The first kappa shape index (κ1) is 15.0. The lowest BCUT2D eigenvalue weighted by Gasteiger charge is -2.14. The minimum atomic E-state index is -3.24. The maximum absolute atomic E-state index is 11.9. The van der Waals surface area contributed by atoms with E-state index in [-0.39, 0.29) is 11.5 Å². The van der Waals surface area contributed by atoms with Gasteiger partial charge in [0.25, 0.3) is 0 Å². The van der Waals surface area contributed by atoms with Gasteiger partial charge in [-0.25, -0.2) is 8.42 Å². The number of sulfone groups is 1. The van der Waals surface area contributed by atoms with Crippen LogP contribution in [0.3, 0.4) is 0 Å². The molecule has 0 heterocycles. The average molecular weight is 286 g/mol. The molecule has 0 bridgehead atoms. The van der Waals surface area contributed by atoms with Crippen LogP contribution in [0.5, 0.6) is 0 Å². The summed E-state index contributed by atoms with van der Waals surface area (Å²) in [4.78, 5) is 0. The highest BCUT2D eigenvalue weighted by Gasteiger charge is 2.22. The zero-order valence-electron chi connectivity index (χ0n) is 10.5. The SMILES string of the molecule is CC(C)(C#N)CCS(=O)(=O)Cc1ccccc1Cl. The van der Waals surface area contributed by atoms with Gasteiger partial charge >= 0.3 is 0 Å². The lowest BCUT2D eigenvalue weighted by molar-refractivity contribution is 0.473. The number of rotatable bonds is 5. The van der Waals surface area contributed by atoms with Gasteiger partial charge in [-0.2, -0.15) is 5.26 Å². The Morgan fingerprint density at radius 1 is 1.33 bits per heavy atom. The van der Waals surface area contributed by atoms with E-state index in [1.807, 2.05) is 0 Å². The predicted octanol–water partition coefficient (Wildman–Crippen LogP) is 3.19. The summed E-state index contributed by atoms with van der Waals surface area (Å²) in [6.45, 7) is 3.47. The van der Waals surface area contributed by atoms with Crippen molar-refractivity contribution >= 4 is 21.4 Å². The van der Waals surface area contributed by atoms with Crippen molar-refractivity contribution in [1.82, 2.24) is 0 Å². The molecule has 0 aromatic heterocycles. The molecule has 0 aliphatic carbocycles. The summed E-state index contributed by atoms with van der Waals surface area (Å²) >= 11 is 5.93. The fraction of sp³-hybridized carbons (Fsp3) is 0.462. The van der Waals surface area contributed by atoms with Crippen LogP contribution in [0, 0.1) is 16.7 Å². The normalized spacial score (nSPS) is 12.1. The van der Waals surface area contributed by atoms with Gasteiger partial charge in [-0.3, -0.25) is 0 Å². The van der Waals surface area contributed by atoms with Crippen LogP contribution in [0.15, 0.2) is 24.3 Å². The topological polar surface area (TPSA) is 57.9 Å². The van der Waals surface area contributed by atoms with Crippen molar-refractivity contribution < 1.29 is 8.42 Å². The second kappa shape index (κ2) is 5.73. The molecule has 18 heavy (non-hydrogen) atoms. The van der Waals surface area contributed by atoms with Gasteiger partial charge in [-0.15, -0.1) is 0 Å². The van der Waals surface area contributed by atoms with Crippen molar-refractivity contribution in [3.8, 4) is 6.07 Å². The van der Waals surface area contributed by atoms with E-state index in [2.05, 4.69) is 6.07 Å². The quantitative estimate of drug-likeness (QED) is 0.835. The lowest BCUT2D eigenvalue weighted by atomic mass is 9.93. The Labute approximate surface area is 113 Å². The minimum absolute atomic E-state index is 0.00121. The highest BCUT2D eigenvalue weighted by atomic mass is 35.5. The molecule has 3 nitrogen and oxygen atoms in total. The van der Waals surface area contributed by atoms with Gasteiger partial charge in [0, 0.05) is 5.02 Å². The molecular weight excluding hydrogens is 270 g/mol. The predicted molar refractivity (Wildman–Crippen MR) is 73.0 cm³/mol. The summed E-state index contributed by atoms with van der Waals surface area (Å²) in [7, 11) is -3.24. The van der Waals surface area contributed by atoms with E-state index < -0.39 is 15.3 Å². The maximum atomic E-state index is 11.9. The molecule has 0 saturated heterocycles. The molecule has 5 heteroatoms. The maximum Gasteiger partial charge on any atom is 0.154 e. The van der Waals surface area contributed by atoms with Crippen LogP contribution in [0.1, 0.15) is 25.8 Å². The Morgan fingerprint density at radius 3 is 2.50 bits per heavy atom. The Bertz CT molecular complexity index is 559. The molecule has 1 aromatic carbocycles. The first-order chi connectivity index (χ1) is 8.26. The highest BCUT2D eigenvalue weighted by molar-refractivity contribution is 7.90. The molecule has 0 amide bonds. The second-order valence-electron chi connectivity index (χ2n) is 4.93. The van der Waals surface area contributed by atoms with Crippen molar-refractivity contribution in [2.24, 2.45) is 5.41 Å². The fourth-order valence-electron chi connectivity index (χ4n) is 1.39. The zero-order chi connectivity index (χ0) is 13.8. The molecule has 0 aliphatic heterocycles. The van der Waals surface area contributed by atoms with E-state index in [1.165, 1.54) is 0 Å². The first-order valence-corrected chi connectivity index (χ1v) is 7.81. The van der Waals surface area contributed by atoms with E-state index in [1.54, 1.807) is 38.1 Å². The third kappa shape index (κ3) is 4.67. The number of hydrogen-bond acceptors (Lipinski definition) is 3. The summed E-state index contributed by atoms with van der Waals surface area (Å²) in [5.41, 5.74) is -0.0120. The van der Waals surface area contributed by atoms with E-state index in [0.29, 0.717) is 17.0 Å². The van der Waals surface area contributed by atoms with Gasteiger partial charge < -0.3 is 0 Å². The van der Waals surface area contributed by atoms with E-state index >= 15 is 0 Å². The molecule has 0 radical (unpaired) electrons. The standard InChI is InChI=1S/C13H16ClNO2S/c1-13(2,10-15)7-8-18(16,17)9-11-5-3-4-6-12(11)14/h3-6H,7-9H2,1-2H3. The van der Waals surface area contributed by atoms with Gasteiger partial charge in [-0.1, -0.05) is 29.8 Å². The van der Waals surface area contributed by atoms with E-state index in [9.17, 15) is 8.42 Å². The van der Waals surface area contributed by atoms with Crippen LogP contribution in [0.25, 0.3) is 0 Å². The number of nitriles is 1. The summed E-state index contributed by atoms with van der Waals surface area (Å²) < 4.78 is 23.9. The van der Waals surface area contributed by atoms with Crippen molar-refractivity contribution in [1.29, 1.82) is 5.26 Å². The van der Waals surface area contributed by atoms with Crippen LogP contribution in [-0.4, -0.2) is 14.2 Å². The first-order valence-electron chi connectivity index (χ1n) is 5.61. The van der Waals surface area contributed by atoms with Crippen molar-refractivity contribution in [2.75, 3.05) is 5.75 Å². The number of hydrogen-bond donors (Lipinski definition) is 0. The largest absolute Gasteiger partial charge is 0.228 e. The summed E-state index contributed by atoms with van der Waals surface area (Å²) in [6, 6.07) is 9.00. The molecule has 0 N–H and O–H groups in total. The zero-order valence-corrected chi connectivity index (χ0v) is 12.1. The van der Waals surface area contributed by atoms with Gasteiger partial charge in [0.1, 0.15) is 0 Å². The molecule has 0 fully saturated rings. The lowest BCUT2D eigenvalue weighted by Crippen LogP contribution is -2.17. The fourth-order valence-corrected chi connectivity index (χ4v) is 3.36. The average Bonchev–Trinajstić information content (AvgIpc) is 2.30. The van der Waals surface area contributed by atoms with Gasteiger partial charge in [0.15, 0.2) is 9.84 Å². The van der Waals surface area contributed by atoms with Crippen molar-refractivity contribution in [3.63, 3.8) is 0 Å². The third-order valence-electron chi connectivity index (χ3n) is 2.67. The summed E-state index contributed by atoms with van der Waals surface area (Å²) in [6.07, 6.45) is 0.330. The molecule has 0 spiro atoms. The monoisotopic (exact) mass is 285 g/mol. The number of halogens is 1. The van der Waals surface area contributed by atoms with Crippen LogP contribution < -0.4 is 0 Å². The third-order valence-corrected chi connectivity index (χ3v) is 4.62. The molecule has 0 atom stereocenters. The Balaban J connectivity index is 2.73. The van der Waals surface area contributed by atoms with Gasteiger partial charge in [0.05, 0.1) is 23.0 Å². The van der Waals surface area contributed by atoms with Crippen LogP contribution in [-0.2, 0) is 15.6 Å². The Morgan fingerprint density at radius 2 is 1.94 bits per heavy atom. The summed E-state index contributed by atoms with van der Waals surface area (Å²) in [5.74, 6) is -0.0764. The molecule has 98 valence electrons. The Kier molecular flexibility index (Phi) is 4.78. The number of nitrogens with zero attached hydrogens (tertiary/aromatic N) is 1. The molecular formula is C13H16ClNO2S. The van der Waals surface area contributed by atoms with E-state index in [0.717, 1.165) is 0 Å². The van der Waals surface area contributed by atoms with Crippen molar-refractivity contribution in [2.45, 2.75) is 26.0 Å². The molecule has 1 aromatic rings. The van der Waals surface area contributed by atoms with Gasteiger partial charge in [-0.05, 0) is 31.9 Å². The van der Waals surface area contributed by atoms with Crippen LogP contribution in [0.2, 0.25) is 5.02 Å². The molecule has 1 rings (SSSR count). The number of benzene rings is 1. The second-order valence-corrected chi connectivity index (χ2v) is 7.52. The molecule has 0 aliphatic rings. The van der Waals surface area contributed by atoms with Crippen molar-refractivity contribution in [3.05, 3.63) is 34.9 Å². The molecule has 0 saturated carbocycles. The molecule has 0 unspecified atom stereocenters. The van der Waals surface area contributed by atoms with Crippen LogP contribution >= 0.6 is 11.6 Å². The highest BCUT2D eigenvalue weighted by Crippen LogP contribution is 2.22. The van der Waals surface area contributed by atoms with E-state index in [4.69, 9.17) is 16.9 Å². The summed E-state index contributed by atoms with van der Waals surface area (Å²) in [5, 5.41) is 9.32. The van der Waals surface area contributed by atoms with Gasteiger partial charge in [0.2, 0.25) is 0 Å². The Hall–Kier alpha value is -1.05.